The van der Waals surface area contributed by atoms with Gasteiger partial charge in [0.15, 0.2) is 0 Å². The summed E-state index contributed by atoms with van der Waals surface area (Å²) >= 11 is 0. The molecule has 4 aromatic rings. The lowest BCUT2D eigenvalue weighted by Gasteiger charge is -2.42. The molecule has 5 aliphatic rings. The molecule has 3 saturated heterocycles. The van der Waals surface area contributed by atoms with Gasteiger partial charge in [0.05, 0.1) is 28.4 Å². The molecule has 330 valence electrons. The number of fused-ring (bicyclic) bond motifs is 1. The molecule has 1 aliphatic carbocycles. The number of piperidine rings is 1. The van der Waals surface area contributed by atoms with Crippen LogP contribution < -0.4 is 31.7 Å². The normalized spacial score (nSPS) is 23.1. The molecule has 6 N–H and O–H groups in total. The van der Waals surface area contributed by atoms with Crippen LogP contribution in [0.2, 0.25) is 0 Å². The van der Waals surface area contributed by atoms with Gasteiger partial charge in [-0.1, -0.05) is 36.4 Å². The van der Waals surface area contributed by atoms with Gasteiger partial charge in [0.2, 0.25) is 11.8 Å². The SMILES string of the molecule is Nc1ncnc(NC2CCC(N3CCN(CCCN4CCN(c5cccc6c5C(=O)N(C5CCC(=O)NC5=O)C6=O)CC4)CC3)CC2)c1C(N)c1ccc(Oc2ccccc2)cc1. The summed E-state index contributed by atoms with van der Waals surface area (Å²) in [6.07, 6.45) is 7.19. The van der Waals surface area contributed by atoms with Crippen LogP contribution in [-0.2, 0) is 9.59 Å². The van der Waals surface area contributed by atoms with E-state index in [1.807, 2.05) is 60.7 Å². The van der Waals surface area contributed by atoms with Gasteiger partial charge in [0.1, 0.15) is 35.5 Å². The number of nitrogens with one attached hydrogen (secondary N) is 2. The van der Waals surface area contributed by atoms with Crippen molar-refractivity contribution >= 4 is 41.0 Å². The van der Waals surface area contributed by atoms with Crippen LogP contribution in [0, 0.1) is 0 Å². The number of hydrogen-bond donors (Lipinski definition) is 4. The maximum atomic E-state index is 13.6. The highest BCUT2D eigenvalue weighted by atomic mass is 16.5. The molecule has 2 atom stereocenters. The molecular formula is C47H57N11O5. The summed E-state index contributed by atoms with van der Waals surface area (Å²) in [6.45, 7) is 9.63. The molecule has 3 aromatic carbocycles. The minimum absolute atomic E-state index is 0.0989. The molecule has 63 heavy (non-hydrogen) atoms. The number of rotatable bonds is 13. The van der Waals surface area contributed by atoms with Crippen LogP contribution in [0.5, 0.6) is 11.5 Å². The largest absolute Gasteiger partial charge is 0.457 e. The molecule has 0 radical (unpaired) electrons. The lowest BCUT2D eigenvalue weighted by atomic mass is 9.89. The third-order valence-corrected chi connectivity index (χ3v) is 13.5. The van der Waals surface area contributed by atoms with Crippen molar-refractivity contribution in [2.24, 2.45) is 5.73 Å². The molecule has 1 aromatic heterocycles. The minimum atomic E-state index is -0.970. The predicted octanol–water partition coefficient (Wildman–Crippen LogP) is 3.85. The van der Waals surface area contributed by atoms with E-state index in [-0.39, 0.29) is 24.8 Å². The smallest absolute Gasteiger partial charge is 0.264 e. The summed E-state index contributed by atoms with van der Waals surface area (Å²) in [5, 5.41) is 5.96. The standard InChI is InChI=1S/C47H57N11O5/c48-42(31-10-16-35(17-11-31)63-34-6-2-1-3-7-34)41-43(49)50-30-51-44(41)52-32-12-14-33(15-13-32)56-26-22-54(23-27-56)20-5-21-55-24-28-57(29-25-55)37-9-4-8-36-40(37)47(62)58(46(36)61)38-18-19-39(59)53-45(38)60/h1-4,6-11,16-17,30,32-33,38,42H,5,12-15,18-29,48H2,(H,53,59,60)(H3,49,50,51,52). The molecule has 4 amide bonds. The van der Waals surface area contributed by atoms with Crippen molar-refractivity contribution in [1.29, 1.82) is 0 Å². The summed E-state index contributed by atoms with van der Waals surface area (Å²) in [5.41, 5.74) is 16.3. The van der Waals surface area contributed by atoms with Crippen molar-refractivity contribution in [1.82, 2.24) is 34.9 Å². The van der Waals surface area contributed by atoms with E-state index in [1.165, 1.54) is 6.33 Å². The van der Waals surface area contributed by atoms with Crippen LogP contribution in [-0.4, -0.2) is 137 Å². The molecule has 2 unspecified atom stereocenters. The Morgan fingerprint density at radius 3 is 2.13 bits per heavy atom. The van der Waals surface area contributed by atoms with Crippen LogP contribution in [0.3, 0.4) is 0 Å². The average molecular weight is 856 g/mol. The summed E-state index contributed by atoms with van der Waals surface area (Å²) in [4.78, 5) is 71.1. The van der Waals surface area contributed by atoms with Gasteiger partial charge in [-0.15, -0.1) is 0 Å². The van der Waals surface area contributed by atoms with E-state index in [4.69, 9.17) is 16.2 Å². The molecule has 16 nitrogen and oxygen atoms in total. The quantitative estimate of drug-likeness (QED) is 0.142. The van der Waals surface area contributed by atoms with Gasteiger partial charge in [-0.3, -0.25) is 39.2 Å². The highest BCUT2D eigenvalue weighted by molar-refractivity contribution is 6.25. The zero-order chi connectivity index (χ0) is 43.5. The average Bonchev–Trinajstić information content (AvgIpc) is 3.56. The highest BCUT2D eigenvalue weighted by Gasteiger charge is 2.46. The van der Waals surface area contributed by atoms with Crippen LogP contribution >= 0.6 is 0 Å². The zero-order valence-electron chi connectivity index (χ0n) is 35.7. The monoisotopic (exact) mass is 855 g/mol. The van der Waals surface area contributed by atoms with Gasteiger partial charge in [-0.25, -0.2) is 9.97 Å². The topological polar surface area (TPSA) is 196 Å². The highest BCUT2D eigenvalue weighted by Crippen LogP contribution is 2.36. The Morgan fingerprint density at radius 1 is 0.746 bits per heavy atom. The first-order valence-corrected chi connectivity index (χ1v) is 22.4. The molecule has 5 heterocycles. The number of aromatic nitrogens is 2. The van der Waals surface area contributed by atoms with Gasteiger partial charge in [-0.05, 0) is 93.6 Å². The number of nitrogen functional groups attached to an aromatic ring is 1. The van der Waals surface area contributed by atoms with Crippen LogP contribution in [0.25, 0.3) is 0 Å². The third kappa shape index (κ3) is 9.25. The van der Waals surface area contributed by atoms with E-state index >= 15 is 0 Å². The molecule has 16 heteroatoms. The molecule has 0 spiro atoms. The number of anilines is 3. The first-order valence-electron chi connectivity index (χ1n) is 22.4. The van der Waals surface area contributed by atoms with Crippen LogP contribution in [0.4, 0.5) is 17.3 Å². The minimum Gasteiger partial charge on any atom is -0.457 e. The summed E-state index contributed by atoms with van der Waals surface area (Å²) < 4.78 is 5.97. The second-order valence-electron chi connectivity index (χ2n) is 17.3. The number of carbonyl (C=O) groups is 4. The van der Waals surface area contributed by atoms with Crippen molar-refractivity contribution in [2.45, 2.75) is 69.1 Å². The molecule has 4 fully saturated rings. The van der Waals surface area contributed by atoms with Gasteiger partial charge in [0, 0.05) is 70.9 Å². The van der Waals surface area contributed by atoms with Crippen LogP contribution in [0.15, 0.2) is 79.1 Å². The Bertz CT molecular complexity index is 2290. The Hall–Kier alpha value is -5.94. The summed E-state index contributed by atoms with van der Waals surface area (Å²) in [6, 6.07) is 22.2. The van der Waals surface area contributed by atoms with Gasteiger partial charge in [0.25, 0.3) is 11.8 Å². The number of hydrogen-bond acceptors (Lipinski definition) is 14. The Kier molecular flexibility index (Phi) is 12.6. The Labute approximate surface area is 367 Å². The Balaban J connectivity index is 0.693. The fraction of sp³-hybridized carbons (Fsp3) is 0.447. The number of para-hydroxylation sites is 1. The zero-order valence-corrected chi connectivity index (χ0v) is 35.7. The van der Waals surface area contributed by atoms with Gasteiger partial charge < -0.3 is 31.3 Å². The van der Waals surface area contributed by atoms with Crippen molar-refractivity contribution < 1.29 is 23.9 Å². The second kappa shape index (κ2) is 18.8. The summed E-state index contributed by atoms with van der Waals surface area (Å²) in [5.74, 6) is 0.681. The van der Waals surface area contributed by atoms with Crippen molar-refractivity contribution in [3.8, 4) is 11.5 Å². The Morgan fingerprint density at radius 2 is 1.43 bits per heavy atom. The van der Waals surface area contributed by atoms with Gasteiger partial charge in [-0.2, -0.15) is 0 Å². The van der Waals surface area contributed by atoms with E-state index in [1.54, 1.807) is 12.1 Å². The lowest BCUT2D eigenvalue weighted by molar-refractivity contribution is -0.136. The van der Waals surface area contributed by atoms with E-state index < -0.39 is 29.8 Å². The molecule has 9 rings (SSSR count). The third-order valence-electron chi connectivity index (χ3n) is 13.5. The van der Waals surface area contributed by atoms with Crippen molar-refractivity contribution in [3.05, 3.63) is 101 Å². The number of carbonyl (C=O) groups excluding carboxylic acids is 4. The number of amides is 4. The fourth-order valence-corrected chi connectivity index (χ4v) is 9.99. The maximum absolute atomic E-state index is 13.6. The summed E-state index contributed by atoms with van der Waals surface area (Å²) in [7, 11) is 0. The number of piperazine rings is 2. The van der Waals surface area contributed by atoms with E-state index in [0.29, 0.717) is 34.4 Å². The maximum Gasteiger partial charge on any atom is 0.264 e. The first-order chi connectivity index (χ1) is 30.7. The second-order valence-corrected chi connectivity index (χ2v) is 17.3. The number of benzene rings is 3. The molecule has 4 aliphatic heterocycles. The van der Waals surface area contributed by atoms with E-state index in [9.17, 15) is 19.2 Å². The predicted molar refractivity (Wildman–Crippen MR) is 239 cm³/mol. The van der Waals surface area contributed by atoms with Crippen LogP contribution in [0.1, 0.15) is 82.8 Å². The fourth-order valence-electron chi connectivity index (χ4n) is 9.99. The number of nitrogens with zero attached hydrogens (tertiary/aromatic N) is 7. The number of imide groups is 2. The molecule has 0 bridgehead atoms. The van der Waals surface area contributed by atoms with Crippen molar-refractivity contribution in [3.63, 3.8) is 0 Å². The molecule has 1 saturated carbocycles. The molecular weight excluding hydrogens is 799 g/mol. The van der Waals surface area contributed by atoms with E-state index in [2.05, 4.69) is 40.2 Å². The lowest BCUT2D eigenvalue weighted by Crippen LogP contribution is -2.54. The number of nitrogens with two attached hydrogens (primary N) is 2. The van der Waals surface area contributed by atoms with Gasteiger partial charge >= 0.3 is 0 Å². The van der Waals surface area contributed by atoms with E-state index in [0.717, 1.165) is 125 Å². The first kappa shape index (κ1) is 42.4. The van der Waals surface area contributed by atoms with Crippen molar-refractivity contribution in [2.75, 3.05) is 81.4 Å². The number of ether oxygens (including phenoxy) is 1.